The molecule has 2 heterocycles. The van der Waals surface area contributed by atoms with Crippen LogP contribution in [0.3, 0.4) is 0 Å². The van der Waals surface area contributed by atoms with Crippen LogP contribution in [0, 0.1) is 21.8 Å². The van der Waals surface area contributed by atoms with E-state index in [1.54, 1.807) is 0 Å². The molecule has 22 heavy (non-hydrogen) atoms. The lowest BCUT2D eigenvalue weighted by molar-refractivity contribution is -0.385. The van der Waals surface area contributed by atoms with E-state index in [-0.39, 0.29) is 23.0 Å². The number of hydrogen-bond donors (Lipinski definition) is 1. The monoisotopic (exact) mass is 329 g/mol. The number of nitro benzene ring substituents is 1. The quantitative estimate of drug-likeness (QED) is 0.676. The van der Waals surface area contributed by atoms with E-state index in [9.17, 15) is 18.9 Å². The predicted octanol–water partition coefficient (Wildman–Crippen LogP) is 1.98. The number of fused-ring (bicyclic) bond motifs is 1. The van der Waals surface area contributed by atoms with Gasteiger partial charge in [-0.3, -0.25) is 10.1 Å². The van der Waals surface area contributed by atoms with Crippen molar-refractivity contribution in [1.29, 1.82) is 0 Å². The first-order chi connectivity index (χ1) is 10.5. The molecule has 1 aromatic carbocycles. The van der Waals surface area contributed by atoms with Crippen LogP contribution in [0.2, 0.25) is 0 Å². The highest BCUT2D eigenvalue weighted by Gasteiger charge is 2.54. The van der Waals surface area contributed by atoms with Gasteiger partial charge in [0.05, 0.1) is 17.6 Å². The van der Waals surface area contributed by atoms with Crippen LogP contribution in [0.15, 0.2) is 23.2 Å². The molecule has 9 heteroatoms. The summed E-state index contributed by atoms with van der Waals surface area (Å²) < 4.78 is 32.9. The summed E-state index contributed by atoms with van der Waals surface area (Å²) in [6.07, 6.45) is -0.719. The average Bonchev–Trinajstić information content (AvgIpc) is 2.85. The Morgan fingerprint density at radius 3 is 3.05 bits per heavy atom. The lowest BCUT2D eigenvalue weighted by Gasteiger charge is -2.35. The number of nitrogens with zero attached hydrogens (tertiary/aromatic N) is 2. The van der Waals surface area contributed by atoms with Gasteiger partial charge in [-0.15, -0.1) is 0 Å². The van der Waals surface area contributed by atoms with Crippen LogP contribution in [0.1, 0.15) is 5.56 Å². The second kappa shape index (κ2) is 5.47. The molecule has 0 spiro atoms. The van der Waals surface area contributed by atoms with Crippen LogP contribution >= 0.6 is 11.8 Å². The summed E-state index contributed by atoms with van der Waals surface area (Å²) in [6.45, 7) is -0.773. The number of thioether (sulfide) groups is 1. The van der Waals surface area contributed by atoms with Crippen LogP contribution in [-0.2, 0) is 10.3 Å². The van der Waals surface area contributed by atoms with Crippen molar-refractivity contribution < 1.29 is 18.4 Å². The van der Waals surface area contributed by atoms with E-state index in [1.807, 2.05) is 0 Å². The molecule has 118 valence electrons. The molecule has 1 saturated heterocycles. The topological polar surface area (TPSA) is 90.8 Å². The maximum absolute atomic E-state index is 14.3. The van der Waals surface area contributed by atoms with Gasteiger partial charge >= 0.3 is 0 Å². The molecule has 1 aromatic rings. The minimum absolute atomic E-state index is 0.0332. The number of nitro groups is 1. The number of ether oxygens (including phenoxy) is 1. The molecule has 0 radical (unpaired) electrons. The molecule has 6 nitrogen and oxygen atoms in total. The number of non-ortho nitro benzene ring substituents is 1. The van der Waals surface area contributed by atoms with Gasteiger partial charge in [0, 0.05) is 29.4 Å². The van der Waals surface area contributed by atoms with Gasteiger partial charge in [-0.25, -0.2) is 13.8 Å². The molecule has 3 rings (SSSR count). The molecule has 2 aliphatic rings. The van der Waals surface area contributed by atoms with Crippen molar-refractivity contribution in [3.63, 3.8) is 0 Å². The summed E-state index contributed by atoms with van der Waals surface area (Å²) >= 11 is 1.25. The zero-order valence-corrected chi connectivity index (χ0v) is 12.2. The van der Waals surface area contributed by atoms with Gasteiger partial charge in [0.2, 0.25) is 0 Å². The van der Waals surface area contributed by atoms with Gasteiger partial charge in [0.1, 0.15) is 18.0 Å². The molecule has 2 N–H and O–H groups in total. The minimum atomic E-state index is -1.21. The third kappa shape index (κ3) is 2.24. The zero-order valence-electron chi connectivity index (χ0n) is 11.4. The third-order valence-electron chi connectivity index (χ3n) is 4.08. The number of nitrogens with two attached hydrogens (primary N) is 1. The summed E-state index contributed by atoms with van der Waals surface area (Å²) in [6, 6.07) is 3.24. The summed E-state index contributed by atoms with van der Waals surface area (Å²) in [5.74, 6) is -0.639. The Bertz CT molecular complexity index is 657. The Labute approximate surface area is 128 Å². The second-order valence-corrected chi connectivity index (χ2v) is 6.26. The second-order valence-electron chi connectivity index (χ2n) is 5.22. The van der Waals surface area contributed by atoms with Crippen LogP contribution in [0.25, 0.3) is 0 Å². The van der Waals surface area contributed by atoms with Crippen molar-refractivity contribution in [2.45, 2.75) is 11.6 Å². The number of amidine groups is 1. The van der Waals surface area contributed by atoms with Crippen LogP contribution in [0.4, 0.5) is 14.5 Å². The van der Waals surface area contributed by atoms with Crippen LogP contribution in [-0.4, -0.2) is 35.2 Å². The van der Waals surface area contributed by atoms with E-state index >= 15 is 0 Å². The van der Waals surface area contributed by atoms with Crippen LogP contribution in [0.5, 0.6) is 0 Å². The fourth-order valence-corrected chi connectivity index (χ4v) is 4.05. The van der Waals surface area contributed by atoms with Gasteiger partial charge in [0.25, 0.3) is 5.69 Å². The van der Waals surface area contributed by atoms with Gasteiger partial charge in [-0.05, 0) is 6.07 Å². The first-order valence-corrected chi connectivity index (χ1v) is 7.56. The van der Waals surface area contributed by atoms with E-state index < -0.39 is 35.0 Å². The zero-order chi connectivity index (χ0) is 15.9. The van der Waals surface area contributed by atoms with Crippen molar-refractivity contribution in [1.82, 2.24) is 0 Å². The van der Waals surface area contributed by atoms with Crippen molar-refractivity contribution in [3.05, 3.63) is 39.7 Å². The van der Waals surface area contributed by atoms with E-state index in [1.165, 1.54) is 11.8 Å². The van der Waals surface area contributed by atoms with Gasteiger partial charge in [-0.1, -0.05) is 11.8 Å². The summed E-state index contributed by atoms with van der Waals surface area (Å²) in [5, 5.41) is 11.2. The van der Waals surface area contributed by atoms with Crippen molar-refractivity contribution in [2.24, 2.45) is 16.6 Å². The van der Waals surface area contributed by atoms with Crippen molar-refractivity contribution >= 4 is 22.6 Å². The highest BCUT2D eigenvalue weighted by atomic mass is 32.2. The number of alkyl halides is 1. The maximum atomic E-state index is 14.3. The molecule has 1 fully saturated rings. The number of rotatable bonds is 3. The standard InChI is InChI=1S/C13H13F2N3O3S/c14-4-11-9-5-22-12(16)17-13(9,6-21-11)8-3-7(18(19)20)1-2-10(8)15/h1-3,9,11H,4-6H2,(H2,16,17)/t9-,11-,13-/m1/s1. The summed E-state index contributed by atoms with van der Waals surface area (Å²) in [4.78, 5) is 14.6. The molecule has 3 atom stereocenters. The Hall–Kier alpha value is -1.74. The Morgan fingerprint density at radius 1 is 1.59 bits per heavy atom. The number of aliphatic imine (C=N–C) groups is 1. The van der Waals surface area contributed by atoms with E-state index in [0.29, 0.717) is 5.75 Å². The number of halogens is 2. The third-order valence-corrected chi connectivity index (χ3v) is 4.99. The molecule has 0 saturated carbocycles. The van der Waals surface area contributed by atoms with Gasteiger partial charge < -0.3 is 10.5 Å². The molecule has 2 aliphatic heterocycles. The highest BCUT2D eigenvalue weighted by molar-refractivity contribution is 8.13. The lowest BCUT2D eigenvalue weighted by atomic mass is 9.79. The number of benzene rings is 1. The number of hydrogen-bond acceptors (Lipinski definition) is 6. The smallest absolute Gasteiger partial charge is 0.270 e. The Morgan fingerprint density at radius 2 is 2.36 bits per heavy atom. The molecule has 0 amide bonds. The minimum Gasteiger partial charge on any atom is -0.379 e. The average molecular weight is 329 g/mol. The molecule has 0 bridgehead atoms. The maximum Gasteiger partial charge on any atom is 0.270 e. The molecule has 0 unspecified atom stereocenters. The van der Waals surface area contributed by atoms with Gasteiger partial charge in [0.15, 0.2) is 5.17 Å². The van der Waals surface area contributed by atoms with E-state index in [2.05, 4.69) is 4.99 Å². The highest BCUT2D eigenvalue weighted by Crippen LogP contribution is 2.48. The fraction of sp³-hybridized carbons (Fsp3) is 0.462. The van der Waals surface area contributed by atoms with E-state index in [4.69, 9.17) is 10.5 Å². The summed E-state index contributed by atoms with van der Waals surface area (Å²) in [5.41, 5.74) is 4.33. The summed E-state index contributed by atoms with van der Waals surface area (Å²) in [7, 11) is 0. The van der Waals surface area contributed by atoms with Crippen LogP contribution < -0.4 is 5.73 Å². The normalized spacial score (nSPS) is 30.7. The van der Waals surface area contributed by atoms with Crippen molar-refractivity contribution in [3.8, 4) is 0 Å². The SMILES string of the molecule is NC1=N[C@@]2(c3cc([N+](=O)[O-])ccc3F)CO[C@H](CF)[C@H]2CS1. The first-order valence-electron chi connectivity index (χ1n) is 6.58. The molecule has 0 aliphatic carbocycles. The predicted molar refractivity (Wildman–Crippen MR) is 78.0 cm³/mol. The van der Waals surface area contributed by atoms with E-state index in [0.717, 1.165) is 18.2 Å². The lowest BCUT2D eigenvalue weighted by Crippen LogP contribution is -2.42. The molecule has 0 aromatic heterocycles. The van der Waals surface area contributed by atoms with Gasteiger partial charge in [-0.2, -0.15) is 0 Å². The molecular weight excluding hydrogens is 316 g/mol. The first kappa shape index (κ1) is 15.2. The Kier molecular flexibility index (Phi) is 3.77. The largest absolute Gasteiger partial charge is 0.379 e. The molecular formula is C13H13F2N3O3S. The Balaban J connectivity index is 2.16. The van der Waals surface area contributed by atoms with Crippen molar-refractivity contribution in [2.75, 3.05) is 19.0 Å². The fourth-order valence-electron chi connectivity index (χ4n) is 2.98.